The molecule has 1 aliphatic heterocycles. The normalized spacial score (nSPS) is 15.2. The zero-order valence-electron chi connectivity index (χ0n) is 16.3. The molecule has 0 spiro atoms. The van der Waals surface area contributed by atoms with Gasteiger partial charge in [0.25, 0.3) is 11.8 Å². The highest BCUT2D eigenvalue weighted by Gasteiger charge is 2.34. The fourth-order valence-electron chi connectivity index (χ4n) is 3.85. The first-order chi connectivity index (χ1) is 13.6. The summed E-state index contributed by atoms with van der Waals surface area (Å²) in [7, 11) is 4.10. The van der Waals surface area contributed by atoms with Gasteiger partial charge in [-0.15, -0.1) is 0 Å². The Morgan fingerprint density at radius 1 is 1.00 bits per heavy atom. The summed E-state index contributed by atoms with van der Waals surface area (Å²) in [5.41, 5.74) is 4.76. The van der Waals surface area contributed by atoms with Gasteiger partial charge in [0.15, 0.2) is 0 Å². The third-order valence-corrected chi connectivity index (χ3v) is 5.26. The molecule has 0 atom stereocenters. The van der Waals surface area contributed by atoms with Crippen molar-refractivity contribution in [3.63, 3.8) is 0 Å². The molecule has 0 radical (unpaired) electrons. The third-order valence-electron chi connectivity index (χ3n) is 5.26. The van der Waals surface area contributed by atoms with Crippen molar-refractivity contribution in [1.82, 2.24) is 9.80 Å². The Morgan fingerprint density at radius 2 is 1.71 bits per heavy atom. The second kappa shape index (κ2) is 7.50. The van der Waals surface area contributed by atoms with Crippen molar-refractivity contribution in [2.24, 2.45) is 0 Å². The average molecular weight is 376 g/mol. The first-order valence-corrected chi connectivity index (χ1v) is 9.65. The molecule has 0 fully saturated rings. The van der Waals surface area contributed by atoms with Crippen LogP contribution in [0.4, 0.5) is 0 Å². The summed E-state index contributed by atoms with van der Waals surface area (Å²) in [4.78, 5) is 28.2. The van der Waals surface area contributed by atoms with Crippen molar-refractivity contribution >= 4 is 17.5 Å². The Labute approximate surface area is 165 Å². The molecule has 5 heteroatoms. The molecule has 28 heavy (non-hydrogen) atoms. The number of hydrogen-bond donors (Lipinski definition) is 0. The maximum absolute atomic E-state index is 12.4. The number of ether oxygens (including phenoxy) is 1. The van der Waals surface area contributed by atoms with Crippen LogP contribution in [0.3, 0.4) is 0 Å². The Hall–Kier alpha value is -3.08. The van der Waals surface area contributed by atoms with E-state index in [1.807, 2.05) is 6.07 Å². The second-order valence-electron chi connectivity index (χ2n) is 7.35. The molecule has 144 valence electrons. The van der Waals surface area contributed by atoms with Gasteiger partial charge < -0.3 is 9.64 Å². The largest absolute Gasteiger partial charge is 0.494 e. The van der Waals surface area contributed by atoms with Crippen molar-refractivity contribution in [3.8, 4) is 5.75 Å². The van der Waals surface area contributed by atoms with Crippen LogP contribution in [0, 0.1) is 0 Å². The van der Waals surface area contributed by atoms with Gasteiger partial charge in [0.05, 0.1) is 17.7 Å². The highest BCUT2D eigenvalue weighted by atomic mass is 16.5. The number of carbonyl (C=O) groups excluding carboxylic acids is 2. The zero-order chi connectivity index (χ0) is 19.7. The Kier molecular flexibility index (Phi) is 4.90. The van der Waals surface area contributed by atoms with E-state index in [4.69, 9.17) is 4.74 Å². The number of benzene rings is 2. The van der Waals surface area contributed by atoms with Crippen LogP contribution in [0.25, 0.3) is 5.70 Å². The predicted molar refractivity (Wildman–Crippen MR) is 108 cm³/mol. The predicted octanol–water partition coefficient (Wildman–Crippen LogP) is 3.60. The number of hydrogen-bond acceptors (Lipinski definition) is 4. The van der Waals surface area contributed by atoms with Crippen LogP contribution >= 0.6 is 0 Å². The van der Waals surface area contributed by atoms with E-state index in [9.17, 15) is 9.59 Å². The lowest BCUT2D eigenvalue weighted by Crippen LogP contribution is -2.31. The molecule has 2 aliphatic rings. The van der Waals surface area contributed by atoms with Crippen molar-refractivity contribution in [3.05, 3.63) is 70.8 Å². The lowest BCUT2D eigenvalue weighted by Gasteiger charge is -2.24. The SMILES string of the molecule is CN(C)C1=CCCc2ccc(OCCCN3C(=O)c4ccccc4C3=O)cc21. The van der Waals surface area contributed by atoms with Gasteiger partial charge in [0, 0.05) is 31.9 Å². The van der Waals surface area contributed by atoms with Crippen molar-refractivity contribution in [1.29, 1.82) is 0 Å². The summed E-state index contributed by atoms with van der Waals surface area (Å²) < 4.78 is 5.91. The quantitative estimate of drug-likeness (QED) is 0.571. The van der Waals surface area contributed by atoms with Crippen molar-refractivity contribution < 1.29 is 14.3 Å². The number of aryl methyl sites for hydroxylation is 1. The molecule has 1 heterocycles. The van der Waals surface area contributed by atoms with Gasteiger partial charge >= 0.3 is 0 Å². The molecule has 0 saturated carbocycles. The minimum absolute atomic E-state index is 0.213. The average Bonchev–Trinajstić information content (AvgIpc) is 2.95. The number of imide groups is 1. The van der Waals surface area contributed by atoms with Gasteiger partial charge in [-0.2, -0.15) is 0 Å². The molecule has 0 aromatic heterocycles. The van der Waals surface area contributed by atoms with Crippen LogP contribution in [0.5, 0.6) is 5.75 Å². The smallest absolute Gasteiger partial charge is 0.261 e. The Bertz CT molecular complexity index is 927. The fourth-order valence-corrected chi connectivity index (χ4v) is 3.85. The van der Waals surface area contributed by atoms with Gasteiger partial charge in [-0.1, -0.05) is 24.3 Å². The molecule has 4 rings (SSSR count). The summed E-state index contributed by atoms with van der Waals surface area (Å²) >= 11 is 0. The minimum Gasteiger partial charge on any atom is -0.494 e. The molecule has 0 saturated heterocycles. The van der Waals surface area contributed by atoms with Crippen LogP contribution in [0.1, 0.15) is 44.7 Å². The molecule has 2 aromatic carbocycles. The van der Waals surface area contributed by atoms with Crippen LogP contribution < -0.4 is 4.74 Å². The van der Waals surface area contributed by atoms with Crippen molar-refractivity contribution in [2.45, 2.75) is 19.3 Å². The van der Waals surface area contributed by atoms with Crippen molar-refractivity contribution in [2.75, 3.05) is 27.2 Å². The molecular formula is C23H24N2O3. The lowest BCUT2D eigenvalue weighted by atomic mass is 9.94. The monoisotopic (exact) mass is 376 g/mol. The molecule has 1 aliphatic carbocycles. The summed E-state index contributed by atoms with van der Waals surface area (Å²) in [5, 5.41) is 0. The lowest BCUT2D eigenvalue weighted by molar-refractivity contribution is 0.0647. The first-order valence-electron chi connectivity index (χ1n) is 9.65. The van der Waals surface area contributed by atoms with Crippen LogP contribution in [-0.4, -0.2) is 48.9 Å². The summed E-state index contributed by atoms with van der Waals surface area (Å²) in [6.45, 7) is 0.813. The van der Waals surface area contributed by atoms with Gasteiger partial charge in [0.1, 0.15) is 5.75 Å². The van der Waals surface area contributed by atoms with Crippen LogP contribution in [0.15, 0.2) is 48.5 Å². The number of nitrogens with zero attached hydrogens (tertiary/aromatic N) is 2. The number of fused-ring (bicyclic) bond motifs is 2. The van der Waals surface area contributed by atoms with Gasteiger partial charge in [-0.05, 0) is 49.1 Å². The maximum atomic E-state index is 12.4. The van der Waals surface area contributed by atoms with E-state index >= 15 is 0 Å². The topological polar surface area (TPSA) is 49.9 Å². The van der Waals surface area contributed by atoms with E-state index in [1.54, 1.807) is 24.3 Å². The first kappa shape index (κ1) is 18.3. The van der Waals surface area contributed by atoms with E-state index in [2.05, 4.69) is 37.2 Å². The summed E-state index contributed by atoms with van der Waals surface area (Å²) in [6, 6.07) is 13.2. The van der Waals surface area contributed by atoms with Gasteiger partial charge in [-0.25, -0.2) is 0 Å². The van der Waals surface area contributed by atoms with Gasteiger partial charge in [0.2, 0.25) is 0 Å². The van der Waals surface area contributed by atoms with Crippen LogP contribution in [0.2, 0.25) is 0 Å². The number of allylic oxidation sites excluding steroid dienone is 1. The van der Waals surface area contributed by atoms with E-state index in [0.717, 1.165) is 18.6 Å². The number of rotatable bonds is 6. The van der Waals surface area contributed by atoms with E-state index in [0.29, 0.717) is 30.7 Å². The standard InChI is InChI=1S/C23H24N2O3/c1-24(2)21-10-5-7-16-11-12-17(15-20(16)21)28-14-6-13-25-22(26)18-8-3-4-9-19(18)23(25)27/h3-4,8-12,15H,5-7,13-14H2,1-2H3. The molecule has 0 N–H and O–H groups in total. The number of amides is 2. The molecule has 2 aromatic rings. The Balaban J connectivity index is 1.36. The second-order valence-corrected chi connectivity index (χ2v) is 7.35. The maximum Gasteiger partial charge on any atom is 0.261 e. The third kappa shape index (κ3) is 3.28. The zero-order valence-corrected chi connectivity index (χ0v) is 16.3. The van der Waals surface area contributed by atoms with Crippen LogP contribution in [-0.2, 0) is 6.42 Å². The summed E-state index contributed by atoms with van der Waals surface area (Å²) in [5.74, 6) is 0.390. The molecular weight excluding hydrogens is 352 g/mol. The highest BCUT2D eigenvalue weighted by Crippen LogP contribution is 2.31. The molecule has 2 amide bonds. The van der Waals surface area contributed by atoms with E-state index in [1.165, 1.54) is 21.7 Å². The highest BCUT2D eigenvalue weighted by molar-refractivity contribution is 6.21. The Morgan fingerprint density at radius 3 is 2.39 bits per heavy atom. The molecule has 0 bridgehead atoms. The van der Waals surface area contributed by atoms with Gasteiger partial charge in [-0.3, -0.25) is 14.5 Å². The minimum atomic E-state index is -0.213. The van der Waals surface area contributed by atoms with E-state index in [-0.39, 0.29) is 11.8 Å². The fraction of sp³-hybridized carbons (Fsp3) is 0.304. The number of carbonyl (C=O) groups is 2. The van der Waals surface area contributed by atoms with E-state index < -0.39 is 0 Å². The molecule has 0 unspecified atom stereocenters. The summed E-state index contributed by atoms with van der Waals surface area (Å²) in [6.07, 6.45) is 4.96. The molecule has 5 nitrogen and oxygen atoms in total.